The molecule has 0 atom stereocenters. The number of halogens is 1. The van der Waals surface area contributed by atoms with Crippen molar-refractivity contribution in [3.63, 3.8) is 0 Å². The minimum Gasteiger partial charge on any atom is -0.375 e. The van der Waals surface area contributed by atoms with E-state index in [2.05, 4.69) is 9.97 Å². The zero-order valence-corrected chi connectivity index (χ0v) is 7.91. The van der Waals surface area contributed by atoms with Crippen molar-refractivity contribution in [1.29, 1.82) is 0 Å². The van der Waals surface area contributed by atoms with Crippen LogP contribution in [0.5, 0.6) is 0 Å². The predicted molar refractivity (Wildman–Crippen MR) is 51.6 cm³/mol. The van der Waals surface area contributed by atoms with Gasteiger partial charge in [0.25, 0.3) is 0 Å². The van der Waals surface area contributed by atoms with Crippen molar-refractivity contribution >= 4 is 38.4 Å². The van der Waals surface area contributed by atoms with Gasteiger partial charge in [0.1, 0.15) is 15.5 Å². The van der Waals surface area contributed by atoms with Crippen LogP contribution in [0.1, 0.15) is 5.56 Å². The van der Waals surface area contributed by atoms with Crippen LogP contribution in [0.25, 0.3) is 10.3 Å². The largest absolute Gasteiger partial charge is 0.375 e. The highest BCUT2D eigenvalue weighted by molar-refractivity contribution is 7.21. The Morgan fingerprint density at radius 1 is 1.50 bits per heavy atom. The number of nitrogens with two attached hydrogens (primary N) is 1. The molecule has 2 aromatic rings. The first-order chi connectivity index (χ1) is 5.66. The van der Waals surface area contributed by atoms with Crippen LogP contribution >= 0.6 is 22.9 Å². The van der Waals surface area contributed by atoms with Crippen molar-refractivity contribution in [3.8, 4) is 0 Å². The van der Waals surface area contributed by atoms with Crippen LogP contribution in [0.3, 0.4) is 0 Å². The minimum absolute atomic E-state index is 0.489. The number of thiazole rings is 1. The second kappa shape index (κ2) is 2.57. The predicted octanol–water partition coefficient (Wildman–Crippen LogP) is 2.24. The fraction of sp³-hybridized carbons (Fsp3) is 0.143. The van der Waals surface area contributed by atoms with Gasteiger partial charge in [-0.05, 0) is 18.6 Å². The highest BCUT2D eigenvalue weighted by Crippen LogP contribution is 2.26. The number of aryl methyl sites for hydroxylation is 1. The van der Waals surface area contributed by atoms with E-state index in [0.29, 0.717) is 10.3 Å². The quantitative estimate of drug-likeness (QED) is 0.662. The van der Waals surface area contributed by atoms with Crippen LogP contribution in [0, 0.1) is 6.92 Å². The molecule has 3 nitrogen and oxygen atoms in total. The molecule has 2 rings (SSSR count). The molecule has 0 spiro atoms. The number of nitrogens with zero attached hydrogens (tertiary/aromatic N) is 2. The van der Waals surface area contributed by atoms with Crippen molar-refractivity contribution in [2.75, 3.05) is 5.73 Å². The number of nitrogen functional groups attached to an aromatic ring is 1. The highest BCUT2D eigenvalue weighted by atomic mass is 35.5. The Morgan fingerprint density at radius 2 is 2.25 bits per heavy atom. The molecule has 0 bridgehead atoms. The van der Waals surface area contributed by atoms with E-state index in [1.54, 1.807) is 6.07 Å². The van der Waals surface area contributed by atoms with E-state index in [-0.39, 0.29) is 0 Å². The normalized spacial score (nSPS) is 10.8. The maximum Gasteiger partial charge on any atom is 0.182 e. The lowest BCUT2D eigenvalue weighted by atomic mass is 10.3. The first-order valence-electron chi connectivity index (χ1n) is 3.36. The van der Waals surface area contributed by atoms with Gasteiger partial charge in [-0.2, -0.15) is 0 Å². The van der Waals surface area contributed by atoms with Crippen molar-refractivity contribution < 1.29 is 0 Å². The lowest BCUT2D eigenvalue weighted by Gasteiger charge is -1.93. The standard InChI is InChI=1S/C7H6ClN3S/c1-3-2-4(8)10-6-5(3)11-7(9)12-6/h2H,1H3,(H2,9,11). The van der Waals surface area contributed by atoms with E-state index in [0.717, 1.165) is 15.9 Å². The van der Waals surface area contributed by atoms with E-state index >= 15 is 0 Å². The topological polar surface area (TPSA) is 51.8 Å². The first kappa shape index (κ1) is 7.76. The van der Waals surface area contributed by atoms with Crippen molar-refractivity contribution in [1.82, 2.24) is 9.97 Å². The summed E-state index contributed by atoms with van der Waals surface area (Å²) in [5.41, 5.74) is 7.39. The molecule has 62 valence electrons. The fourth-order valence-electron chi connectivity index (χ4n) is 1.04. The van der Waals surface area contributed by atoms with Crippen LogP contribution in [0.2, 0.25) is 5.15 Å². The molecule has 5 heteroatoms. The molecule has 12 heavy (non-hydrogen) atoms. The summed E-state index contributed by atoms with van der Waals surface area (Å²) in [4.78, 5) is 9.03. The molecule has 2 N–H and O–H groups in total. The molecule has 0 unspecified atom stereocenters. The third-order valence-electron chi connectivity index (χ3n) is 1.54. The molecule has 0 aliphatic heterocycles. The van der Waals surface area contributed by atoms with Gasteiger partial charge in [0.15, 0.2) is 5.13 Å². The van der Waals surface area contributed by atoms with Crippen LogP contribution in [-0.4, -0.2) is 9.97 Å². The van der Waals surface area contributed by atoms with Crippen LogP contribution in [0.15, 0.2) is 6.07 Å². The van der Waals surface area contributed by atoms with Crippen LogP contribution in [-0.2, 0) is 0 Å². The monoisotopic (exact) mass is 199 g/mol. The average molecular weight is 200 g/mol. The summed E-state index contributed by atoms with van der Waals surface area (Å²) in [6.45, 7) is 1.94. The van der Waals surface area contributed by atoms with E-state index in [9.17, 15) is 0 Å². The van der Waals surface area contributed by atoms with Crippen molar-refractivity contribution in [3.05, 3.63) is 16.8 Å². The van der Waals surface area contributed by atoms with Gasteiger partial charge < -0.3 is 5.73 Å². The summed E-state index contributed by atoms with van der Waals surface area (Å²) >= 11 is 7.11. The molecule has 0 radical (unpaired) electrons. The SMILES string of the molecule is Cc1cc(Cl)nc2sc(N)nc12. The number of aromatic nitrogens is 2. The molecular formula is C7H6ClN3S. The number of hydrogen-bond acceptors (Lipinski definition) is 4. The molecule has 0 aliphatic rings. The summed E-state index contributed by atoms with van der Waals surface area (Å²) in [7, 11) is 0. The molecule has 0 aromatic carbocycles. The minimum atomic E-state index is 0.489. The van der Waals surface area contributed by atoms with Gasteiger partial charge in [-0.1, -0.05) is 22.9 Å². The van der Waals surface area contributed by atoms with E-state index in [1.807, 2.05) is 6.92 Å². The Bertz CT molecular complexity index is 437. The number of pyridine rings is 1. The molecule has 0 saturated heterocycles. The summed E-state index contributed by atoms with van der Waals surface area (Å²) in [5, 5.41) is 1.02. The third-order valence-corrected chi connectivity index (χ3v) is 2.52. The number of hydrogen-bond donors (Lipinski definition) is 1. The van der Waals surface area contributed by atoms with E-state index in [1.165, 1.54) is 11.3 Å². The lowest BCUT2D eigenvalue weighted by molar-refractivity contribution is 1.35. The maximum absolute atomic E-state index is 5.76. The third kappa shape index (κ3) is 1.13. The molecule has 0 aliphatic carbocycles. The Hall–Kier alpha value is -0.870. The Balaban J connectivity index is 2.88. The molecular weight excluding hydrogens is 194 g/mol. The van der Waals surface area contributed by atoms with Crippen molar-refractivity contribution in [2.45, 2.75) is 6.92 Å². The lowest BCUT2D eigenvalue weighted by Crippen LogP contribution is -1.82. The zero-order valence-electron chi connectivity index (χ0n) is 6.34. The summed E-state index contributed by atoms with van der Waals surface area (Å²) in [6.07, 6.45) is 0. The Labute approximate surface area is 78.2 Å². The van der Waals surface area contributed by atoms with Gasteiger partial charge in [-0.15, -0.1) is 0 Å². The Morgan fingerprint density at radius 3 is 3.00 bits per heavy atom. The summed E-state index contributed by atoms with van der Waals surface area (Å²) in [6, 6.07) is 1.78. The molecule has 0 saturated carbocycles. The highest BCUT2D eigenvalue weighted by Gasteiger charge is 2.05. The number of anilines is 1. The molecule has 2 heterocycles. The molecule has 0 fully saturated rings. The molecule has 0 amide bonds. The van der Waals surface area contributed by atoms with Gasteiger partial charge in [0.05, 0.1) is 0 Å². The Kier molecular flexibility index (Phi) is 1.66. The first-order valence-corrected chi connectivity index (χ1v) is 4.55. The van der Waals surface area contributed by atoms with E-state index < -0.39 is 0 Å². The number of rotatable bonds is 0. The van der Waals surface area contributed by atoms with Crippen LogP contribution < -0.4 is 5.73 Å². The van der Waals surface area contributed by atoms with Gasteiger partial charge in [0, 0.05) is 0 Å². The summed E-state index contributed by atoms with van der Waals surface area (Å²) in [5.74, 6) is 0. The zero-order chi connectivity index (χ0) is 8.72. The fourth-order valence-corrected chi connectivity index (χ4v) is 2.12. The smallest absolute Gasteiger partial charge is 0.182 e. The average Bonchev–Trinajstić information content (AvgIpc) is 2.29. The van der Waals surface area contributed by atoms with Gasteiger partial charge in [-0.25, -0.2) is 9.97 Å². The van der Waals surface area contributed by atoms with Crippen LogP contribution in [0.4, 0.5) is 5.13 Å². The maximum atomic E-state index is 5.76. The van der Waals surface area contributed by atoms with Crippen molar-refractivity contribution in [2.24, 2.45) is 0 Å². The molecule has 2 aromatic heterocycles. The van der Waals surface area contributed by atoms with Gasteiger partial charge in [0.2, 0.25) is 0 Å². The van der Waals surface area contributed by atoms with E-state index in [4.69, 9.17) is 17.3 Å². The second-order valence-corrected chi connectivity index (χ2v) is 3.86. The second-order valence-electron chi connectivity index (χ2n) is 2.47. The van der Waals surface area contributed by atoms with Gasteiger partial charge in [-0.3, -0.25) is 0 Å². The summed E-state index contributed by atoms with van der Waals surface area (Å²) < 4.78 is 0. The number of fused-ring (bicyclic) bond motifs is 1. The van der Waals surface area contributed by atoms with Gasteiger partial charge >= 0.3 is 0 Å².